The lowest BCUT2D eigenvalue weighted by molar-refractivity contribution is -0.140. The first kappa shape index (κ1) is 24.1. The van der Waals surface area contributed by atoms with Crippen LogP contribution in [0.15, 0.2) is 72.8 Å². The number of hydrogen-bond acceptors (Lipinski definition) is 2. The summed E-state index contributed by atoms with van der Waals surface area (Å²) in [5.41, 5.74) is 2.47. The van der Waals surface area contributed by atoms with Crippen LogP contribution in [0.3, 0.4) is 0 Å². The third-order valence-electron chi connectivity index (χ3n) is 5.14. The van der Waals surface area contributed by atoms with E-state index in [1.54, 1.807) is 54.4 Å². The van der Waals surface area contributed by atoms with E-state index in [1.165, 1.54) is 0 Å². The number of carbonyl (C=O) groups excluding carboxylic acids is 2. The number of amides is 2. The van der Waals surface area contributed by atoms with Crippen LogP contribution in [0, 0.1) is 0 Å². The van der Waals surface area contributed by atoms with Crippen molar-refractivity contribution in [2.24, 2.45) is 0 Å². The highest BCUT2D eigenvalue weighted by Gasteiger charge is 2.30. The van der Waals surface area contributed by atoms with Gasteiger partial charge in [0.05, 0.1) is 6.42 Å². The largest absolute Gasteiger partial charge is 0.357 e. The molecule has 0 aliphatic rings. The molecule has 32 heavy (non-hydrogen) atoms. The molecule has 3 aromatic carbocycles. The lowest BCUT2D eigenvalue weighted by Crippen LogP contribution is -2.50. The minimum Gasteiger partial charge on any atom is -0.357 e. The normalized spacial score (nSPS) is 11.6. The molecule has 4 nitrogen and oxygen atoms in total. The van der Waals surface area contributed by atoms with Crippen LogP contribution in [0.5, 0.6) is 0 Å². The van der Waals surface area contributed by atoms with Crippen molar-refractivity contribution in [3.63, 3.8) is 0 Å². The second kappa shape index (κ2) is 11.4. The van der Waals surface area contributed by atoms with Gasteiger partial charge in [0.2, 0.25) is 11.8 Å². The van der Waals surface area contributed by atoms with E-state index in [2.05, 4.69) is 5.32 Å². The number of rotatable bonds is 8. The monoisotopic (exact) mass is 488 g/mol. The summed E-state index contributed by atoms with van der Waals surface area (Å²) in [7, 11) is 1.57. The smallest absolute Gasteiger partial charge is 0.242 e. The van der Waals surface area contributed by atoms with Crippen molar-refractivity contribution in [1.29, 1.82) is 0 Å². The first-order valence-electron chi connectivity index (χ1n) is 10.1. The van der Waals surface area contributed by atoms with Crippen LogP contribution in [-0.2, 0) is 29.0 Å². The molecule has 0 heterocycles. The molecule has 3 rings (SSSR count). The van der Waals surface area contributed by atoms with Crippen LogP contribution >= 0.6 is 34.8 Å². The number of carbonyl (C=O) groups is 2. The molecule has 7 heteroatoms. The molecular formula is C25H23Cl3N2O2. The van der Waals surface area contributed by atoms with Crippen LogP contribution in [0.2, 0.25) is 15.1 Å². The van der Waals surface area contributed by atoms with Crippen molar-refractivity contribution >= 4 is 46.6 Å². The molecule has 0 saturated carbocycles. The third-order valence-corrected chi connectivity index (χ3v) is 5.98. The predicted molar refractivity (Wildman–Crippen MR) is 130 cm³/mol. The maximum absolute atomic E-state index is 13.5. The van der Waals surface area contributed by atoms with Crippen molar-refractivity contribution in [3.8, 4) is 0 Å². The Balaban J connectivity index is 1.96. The Bertz CT molecular complexity index is 1070. The molecule has 2 amide bonds. The SMILES string of the molecule is CNC(=O)C(Cc1ccccc1)N(Cc1ccc(Cl)cc1Cl)C(=O)Cc1ccc(Cl)cc1. The van der Waals surface area contributed by atoms with E-state index in [0.717, 1.165) is 11.1 Å². The van der Waals surface area contributed by atoms with E-state index < -0.39 is 6.04 Å². The van der Waals surface area contributed by atoms with Gasteiger partial charge in [-0.2, -0.15) is 0 Å². The maximum atomic E-state index is 13.5. The molecule has 0 fully saturated rings. The Morgan fingerprint density at radius 2 is 1.53 bits per heavy atom. The molecule has 1 N–H and O–H groups in total. The fourth-order valence-electron chi connectivity index (χ4n) is 3.43. The maximum Gasteiger partial charge on any atom is 0.242 e. The molecule has 1 atom stereocenters. The number of benzene rings is 3. The number of nitrogens with one attached hydrogen (secondary N) is 1. The van der Waals surface area contributed by atoms with Gasteiger partial charge < -0.3 is 10.2 Å². The van der Waals surface area contributed by atoms with E-state index in [-0.39, 0.29) is 24.8 Å². The molecule has 0 aromatic heterocycles. The highest BCUT2D eigenvalue weighted by atomic mass is 35.5. The molecule has 166 valence electrons. The summed E-state index contributed by atoms with van der Waals surface area (Å²) in [6.07, 6.45) is 0.503. The molecule has 0 spiro atoms. The summed E-state index contributed by atoms with van der Waals surface area (Å²) in [4.78, 5) is 28.0. The summed E-state index contributed by atoms with van der Waals surface area (Å²) < 4.78 is 0. The van der Waals surface area contributed by atoms with Gasteiger partial charge in [0.25, 0.3) is 0 Å². The average Bonchev–Trinajstić information content (AvgIpc) is 2.79. The Kier molecular flexibility index (Phi) is 8.57. The topological polar surface area (TPSA) is 49.4 Å². The number of likely N-dealkylation sites (N-methyl/N-ethyl adjacent to an activating group) is 1. The van der Waals surface area contributed by atoms with Crippen molar-refractivity contribution < 1.29 is 9.59 Å². The first-order chi connectivity index (χ1) is 15.4. The van der Waals surface area contributed by atoms with Gasteiger partial charge in [0.15, 0.2) is 0 Å². The molecule has 0 aliphatic heterocycles. The van der Waals surface area contributed by atoms with Crippen molar-refractivity contribution in [1.82, 2.24) is 10.2 Å². The van der Waals surface area contributed by atoms with Crippen LogP contribution < -0.4 is 5.32 Å². The summed E-state index contributed by atoms with van der Waals surface area (Å²) >= 11 is 18.4. The fourth-order valence-corrected chi connectivity index (χ4v) is 4.03. The first-order valence-corrected chi connectivity index (χ1v) is 11.2. The molecule has 0 aliphatic carbocycles. The van der Waals surface area contributed by atoms with E-state index in [4.69, 9.17) is 34.8 Å². The van der Waals surface area contributed by atoms with Gasteiger partial charge in [-0.25, -0.2) is 0 Å². The molecule has 0 saturated heterocycles. The van der Waals surface area contributed by atoms with Crippen LogP contribution in [0.25, 0.3) is 0 Å². The number of nitrogens with zero attached hydrogens (tertiary/aromatic N) is 1. The van der Waals surface area contributed by atoms with Crippen molar-refractivity contribution in [2.75, 3.05) is 7.05 Å². The van der Waals surface area contributed by atoms with Gasteiger partial charge in [-0.1, -0.05) is 83.3 Å². The van der Waals surface area contributed by atoms with E-state index in [1.807, 2.05) is 30.3 Å². The second-order valence-corrected chi connectivity index (χ2v) is 8.66. The molecule has 0 bridgehead atoms. The van der Waals surface area contributed by atoms with Gasteiger partial charge in [0.1, 0.15) is 6.04 Å². The zero-order chi connectivity index (χ0) is 23.1. The Labute approximate surface area is 203 Å². The lowest BCUT2D eigenvalue weighted by atomic mass is 10.0. The zero-order valence-corrected chi connectivity index (χ0v) is 19.8. The summed E-state index contributed by atoms with van der Waals surface area (Å²) in [5.74, 6) is -0.439. The second-order valence-electron chi connectivity index (χ2n) is 7.38. The van der Waals surface area contributed by atoms with Gasteiger partial charge in [-0.05, 0) is 41.0 Å². The molecule has 1 unspecified atom stereocenters. The summed E-state index contributed by atoms with van der Waals surface area (Å²) in [6, 6.07) is 21.1. The Morgan fingerprint density at radius 1 is 0.875 bits per heavy atom. The molecular weight excluding hydrogens is 467 g/mol. The zero-order valence-electron chi connectivity index (χ0n) is 17.5. The predicted octanol–water partition coefficient (Wildman–Crippen LogP) is 5.58. The van der Waals surface area contributed by atoms with Crippen LogP contribution in [0.4, 0.5) is 0 Å². The van der Waals surface area contributed by atoms with Crippen molar-refractivity contribution in [3.05, 3.63) is 105 Å². The standard InChI is InChI=1S/C25H23Cl3N2O2/c1-29-25(32)23(13-17-5-3-2-4-6-17)30(16-19-9-12-21(27)15-22(19)28)24(31)14-18-7-10-20(26)11-8-18/h2-12,15,23H,13-14,16H2,1H3,(H,29,32). The van der Waals surface area contributed by atoms with Gasteiger partial charge in [-0.3, -0.25) is 9.59 Å². The summed E-state index contributed by atoms with van der Waals surface area (Å²) in [6.45, 7) is 0.174. The lowest BCUT2D eigenvalue weighted by Gasteiger charge is -2.31. The highest BCUT2D eigenvalue weighted by molar-refractivity contribution is 6.35. The Hall–Kier alpha value is -2.53. The van der Waals surface area contributed by atoms with Gasteiger partial charge >= 0.3 is 0 Å². The minimum atomic E-state index is -0.714. The highest BCUT2D eigenvalue weighted by Crippen LogP contribution is 2.24. The van der Waals surface area contributed by atoms with E-state index in [0.29, 0.717) is 27.1 Å². The molecule has 0 radical (unpaired) electrons. The van der Waals surface area contributed by atoms with Gasteiger partial charge in [-0.15, -0.1) is 0 Å². The summed E-state index contributed by atoms with van der Waals surface area (Å²) in [5, 5.41) is 4.24. The van der Waals surface area contributed by atoms with E-state index in [9.17, 15) is 9.59 Å². The number of hydrogen-bond donors (Lipinski definition) is 1. The third kappa shape index (κ3) is 6.49. The average molecular weight is 490 g/mol. The van der Waals surface area contributed by atoms with Crippen LogP contribution in [0.1, 0.15) is 16.7 Å². The Morgan fingerprint density at radius 3 is 2.16 bits per heavy atom. The van der Waals surface area contributed by atoms with E-state index >= 15 is 0 Å². The fraction of sp³-hybridized carbons (Fsp3) is 0.200. The van der Waals surface area contributed by atoms with Gasteiger partial charge in [0, 0.05) is 35.1 Å². The van der Waals surface area contributed by atoms with Crippen molar-refractivity contribution in [2.45, 2.75) is 25.4 Å². The number of halogens is 3. The molecule has 3 aromatic rings. The van der Waals surface area contributed by atoms with Crippen LogP contribution in [-0.4, -0.2) is 29.8 Å². The minimum absolute atomic E-state index is 0.130. The quantitative estimate of drug-likeness (QED) is 0.449.